The maximum absolute atomic E-state index is 13.0. The molecule has 0 N–H and O–H groups in total. The summed E-state index contributed by atoms with van der Waals surface area (Å²) in [6, 6.07) is 25.1. The number of rotatable bonds is 5. The molecule has 2 nitrogen and oxygen atoms in total. The van der Waals surface area contributed by atoms with E-state index < -0.39 is 0 Å². The van der Waals surface area contributed by atoms with Crippen LogP contribution in [0.4, 0.5) is 0 Å². The van der Waals surface area contributed by atoms with Gasteiger partial charge in [-0.15, -0.1) is 0 Å². The van der Waals surface area contributed by atoms with Crippen molar-refractivity contribution < 1.29 is 9.53 Å². The second-order valence-corrected chi connectivity index (χ2v) is 10.3. The fraction of sp³-hybridized carbons (Fsp3) is 0.320. The van der Waals surface area contributed by atoms with Crippen LogP contribution < -0.4 is 4.46 Å². The Morgan fingerprint density at radius 2 is 1.64 bits per heavy atom. The van der Waals surface area contributed by atoms with Crippen molar-refractivity contribution in [3.8, 4) is 0 Å². The molecule has 0 amide bonds. The van der Waals surface area contributed by atoms with Crippen LogP contribution in [0.3, 0.4) is 0 Å². The van der Waals surface area contributed by atoms with Crippen LogP contribution in [0.1, 0.15) is 44.1 Å². The monoisotopic (exact) mass is 438 g/mol. The van der Waals surface area contributed by atoms with Gasteiger partial charge in [0.1, 0.15) is 0 Å². The molecule has 0 bridgehead atoms. The molecule has 1 aliphatic rings. The number of fused-ring (bicyclic) bond motifs is 1. The predicted octanol–water partition coefficient (Wildman–Crippen LogP) is 5.25. The molecule has 0 unspecified atom stereocenters. The summed E-state index contributed by atoms with van der Waals surface area (Å²) in [5.74, 6) is -0.338. The SMILES string of the molecule is C[C@@H](C(=O)O[C@H]1CCCC[C@@H]1[Se]c1ccccc1)c1cccc2ccccc12. The summed E-state index contributed by atoms with van der Waals surface area (Å²) < 4.78 is 7.51. The number of hydrogen-bond acceptors (Lipinski definition) is 2. The molecule has 28 heavy (non-hydrogen) atoms. The Morgan fingerprint density at radius 3 is 2.50 bits per heavy atom. The fourth-order valence-corrected chi connectivity index (χ4v) is 6.72. The van der Waals surface area contributed by atoms with Crippen LogP contribution in [0.5, 0.6) is 0 Å². The van der Waals surface area contributed by atoms with Gasteiger partial charge in [0, 0.05) is 0 Å². The molecule has 4 rings (SSSR count). The molecule has 1 fully saturated rings. The van der Waals surface area contributed by atoms with Crippen molar-refractivity contribution in [1.29, 1.82) is 0 Å². The van der Waals surface area contributed by atoms with E-state index in [4.69, 9.17) is 4.74 Å². The third-order valence-electron chi connectivity index (χ3n) is 5.58. The first-order valence-corrected chi connectivity index (χ1v) is 12.0. The van der Waals surface area contributed by atoms with Crippen molar-refractivity contribution in [1.82, 2.24) is 0 Å². The Labute approximate surface area is 173 Å². The third kappa shape index (κ3) is 4.32. The summed E-state index contributed by atoms with van der Waals surface area (Å²) >= 11 is 0.343. The number of carbonyl (C=O) groups is 1. The summed E-state index contributed by atoms with van der Waals surface area (Å²) in [7, 11) is 0. The van der Waals surface area contributed by atoms with E-state index in [0.29, 0.717) is 19.8 Å². The first-order valence-electron chi connectivity index (χ1n) is 10.1. The molecule has 3 aromatic rings. The molecule has 0 saturated heterocycles. The van der Waals surface area contributed by atoms with E-state index in [0.717, 1.165) is 30.2 Å². The standard InChI is InChI=1S/C25H26O2Se/c1-18(21-15-9-11-19-10-5-6-14-22(19)21)25(26)27-23-16-7-8-17-24(23)28-20-12-3-2-4-13-20/h2-6,9-15,18,23-24H,7-8,16-17H2,1H3/t18-,23+,24+/m1/s1. The Hall–Kier alpha value is -2.09. The van der Waals surface area contributed by atoms with E-state index in [1.165, 1.54) is 16.3 Å². The second-order valence-electron chi connectivity index (χ2n) is 7.52. The van der Waals surface area contributed by atoms with E-state index in [1.54, 1.807) is 0 Å². The molecule has 0 aliphatic heterocycles. The van der Waals surface area contributed by atoms with Crippen molar-refractivity contribution in [3.63, 3.8) is 0 Å². The zero-order chi connectivity index (χ0) is 19.3. The van der Waals surface area contributed by atoms with E-state index in [2.05, 4.69) is 54.6 Å². The Balaban J connectivity index is 1.49. The van der Waals surface area contributed by atoms with Crippen LogP contribution in [0, 0.1) is 0 Å². The predicted molar refractivity (Wildman–Crippen MR) is 116 cm³/mol. The Kier molecular flexibility index (Phi) is 6.14. The van der Waals surface area contributed by atoms with Crippen molar-refractivity contribution in [2.45, 2.75) is 49.4 Å². The summed E-state index contributed by atoms with van der Waals surface area (Å²) in [5, 5.41) is 2.31. The Bertz CT molecular complexity index is 932. The zero-order valence-electron chi connectivity index (χ0n) is 16.2. The topological polar surface area (TPSA) is 26.3 Å². The van der Waals surface area contributed by atoms with Crippen molar-refractivity contribution >= 4 is 36.2 Å². The van der Waals surface area contributed by atoms with Crippen LogP contribution in [-0.2, 0) is 9.53 Å². The minimum absolute atomic E-state index is 0.0545. The summed E-state index contributed by atoms with van der Waals surface area (Å²) in [6.07, 6.45) is 4.61. The van der Waals surface area contributed by atoms with Gasteiger partial charge in [0.25, 0.3) is 0 Å². The molecular formula is C25H26O2Se. The normalized spacial score (nSPS) is 20.6. The van der Waals surface area contributed by atoms with E-state index in [-0.39, 0.29) is 18.0 Å². The molecule has 0 spiro atoms. The summed E-state index contributed by atoms with van der Waals surface area (Å²) in [5.41, 5.74) is 1.06. The number of hydrogen-bond donors (Lipinski definition) is 0. The molecule has 0 aromatic heterocycles. The van der Waals surface area contributed by atoms with Gasteiger partial charge in [-0.1, -0.05) is 0 Å². The van der Waals surface area contributed by atoms with E-state index in [9.17, 15) is 4.79 Å². The Morgan fingerprint density at radius 1 is 0.929 bits per heavy atom. The molecule has 3 aromatic carbocycles. The van der Waals surface area contributed by atoms with Crippen LogP contribution in [0.25, 0.3) is 10.8 Å². The van der Waals surface area contributed by atoms with Gasteiger partial charge in [0.2, 0.25) is 0 Å². The molecule has 3 heteroatoms. The average Bonchev–Trinajstić information content (AvgIpc) is 2.75. The second kappa shape index (κ2) is 8.94. The van der Waals surface area contributed by atoms with Gasteiger partial charge in [-0.3, -0.25) is 0 Å². The number of ether oxygens (including phenoxy) is 1. The van der Waals surface area contributed by atoms with Gasteiger partial charge in [-0.25, -0.2) is 0 Å². The van der Waals surface area contributed by atoms with Crippen molar-refractivity contribution in [3.05, 3.63) is 78.4 Å². The molecule has 144 valence electrons. The molecule has 1 aliphatic carbocycles. The van der Waals surface area contributed by atoms with E-state index >= 15 is 0 Å². The van der Waals surface area contributed by atoms with Crippen molar-refractivity contribution in [2.24, 2.45) is 0 Å². The first kappa shape index (κ1) is 19.2. The van der Waals surface area contributed by atoms with Crippen molar-refractivity contribution in [2.75, 3.05) is 0 Å². The molecule has 1 saturated carbocycles. The average molecular weight is 437 g/mol. The summed E-state index contributed by atoms with van der Waals surface area (Å²) in [6.45, 7) is 1.98. The van der Waals surface area contributed by atoms with Crippen LogP contribution in [-0.4, -0.2) is 27.0 Å². The van der Waals surface area contributed by atoms with Gasteiger partial charge in [0.05, 0.1) is 0 Å². The molecule has 3 atom stereocenters. The number of carbonyl (C=O) groups excluding carboxylic acids is 1. The number of benzene rings is 3. The van der Waals surface area contributed by atoms with Gasteiger partial charge in [-0.2, -0.15) is 0 Å². The van der Waals surface area contributed by atoms with Gasteiger partial charge in [-0.05, 0) is 0 Å². The van der Waals surface area contributed by atoms with Gasteiger partial charge >= 0.3 is 173 Å². The maximum atomic E-state index is 13.0. The quantitative estimate of drug-likeness (QED) is 0.403. The van der Waals surface area contributed by atoms with Crippen LogP contribution >= 0.6 is 0 Å². The first-order chi connectivity index (χ1) is 13.7. The minimum atomic E-state index is -0.252. The molecular weight excluding hydrogens is 411 g/mol. The van der Waals surface area contributed by atoms with E-state index in [1.807, 2.05) is 25.1 Å². The van der Waals surface area contributed by atoms with Gasteiger partial charge in [0.15, 0.2) is 0 Å². The fourth-order valence-electron chi connectivity index (χ4n) is 4.01. The number of esters is 1. The third-order valence-corrected chi connectivity index (χ3v) is 8.49. The van der Waals surface area contributed by atoms with Gasteiger partial charge < -0.3 is 0 Å². The van der Waals surface area contributed by atoms with Crippen LogP contribution in [0.15, 0.2) is 72.8 Å². The summed E-state index contributed by atoms with van der Waals surface area (Å²) in [4.78, 5) is 13.5. The zero-order valence-corrected chi connectivity index (χ0v) is 17.9. The molecule has 0 heterocycles. The van der Waals surface area contributed by atoms with Crippen LogP contribution in [0.2, 0.25) is 4.82 Å². The molecule has 0 radical (unpaired) electrons.